The van der Waals surface area contributed by atoms with Crippen molar-refractivity contribution in [1.82, 2.24) is 5.06 Å². The number of rotatable bonds is 6. The summed E-state index contributed by atoms with van der Waals surface area (Å²) < 4.78 is 5.40. The molecule has 0 atom stereocenters. The topological polar surface area (TPSA) is 50.8 Å². The van der Waals surface area contributed by atoms with Crippen LogP contribution in [0, 0.1) is 0 Å². The van der Waals surface area contributed by atoms with Crippen LogP contribution in [0.3, 0.4) is 0 Å². The first-order valence-electron chi connectivity index (χ1n) is 6.54. The summed E-state index contributed by atoms with van der Waals surface area (Å²) in [5.41, 5.74) is 1.97. The standard InChI is InChI=1S/C16H18N2O3/c1-18(20-2)16(19)12-21-15-10-8-14(9-11-15)17-13-6-4-3-5-7-13/h3-11,17H,12H2,1-2H3. The molecule has 21 heavy (non-hydrogen) atoms. The lowest BCUT2D eigenvalue weighted by atomic mass is 10.2. The summed E-state index contributed by atoms with van der Waals surface area (Å²) in [4.78, 5) is 16.3. The predicted molar refractivity (Wildman–Crippen MR) is 81.4 cm³/mol. The first-order valence-corrected chi connectivity index (χ1v) is 6.54. The highest BCUT2D eigenvalue weighted by Gasteiger charge is 2.08. The van der Waals surface area contributed by atoms with Crippen LogP contribution in [0.1, 0.15) is 0 Å². The maximum atomic E-state index is 11.5. The Kier molecular flexibility index (Phi) is 5.17. The lowest BCUT2D eigenvalue weighted by Crippen LogP contribution is -2.30. The second-order valence-corrected chi connectivity index (χ2v) is 4.38. The molecule has 110 valence electrons. The van der Waals surface area contributed by atoms with Crippen LogP contribution in [0.4, 0.5) is 11.4 Å². The minimum Gasteiger partial charge on any atom is -0.484 e. The Hall–Kier alpha value is -2.53. The average Bonchev–Trinajstić information content (AvgIpc) is 2.54. The van der Waals surface area contributed by atoms with Crippen LogP contribution in [0.2, 0.25) is 0 Å². The van der Waals surface area contributed by atoms with Crippen LogP contribution < -0.4 is 10.1 Å². The van der Waals surface area contributed by atoms with Gasteiger partial charge in [-0.15, -0.1) is 0 Å². The molecule has 0 aliphatic heterocycles. The van der Waals surface area contributed by atoms with Crippen molar-refractivity contribution in [3.8, 4) is 5.75 Å². The van der Waals surface area contributed by atoms with Crippen molar-refractivity contribution < 1.29 is 14.4 Å². The summed E-state index contributed by atoms with van der Waals surface area (Å²) in [6.07, 6.45) is 0. The fourth-order valence-electron chi connectivity index (χ4n) is 1.66. The van der Waals surface area contributed by atoms with E-state index in [0.717, 1.165) is 16.4 Å². The first-order chi connectivity index (χ1) is 10.2. The zero-order chi connectivity index (χ0) is 15.1. The molecule has 0 radical (unpaired) electrons. The van der Waals surface area contributed by atoms with E-state index in [-0.39, 0.29) is 12.5 Å². The Morgan fingerprint density at radius 2 is 1.67 bits per heavy atom. The number of hydroxylamine groups is 2. The fourth-order valence-corrected chi connectivity index (χ4v) is 1.66. The number of hydrogen-bond acceptors (Lipinski definition) is 4. The third-order valence-electron chi connectivity index (χ3n) is 2.90. The lowest BCUT2D eigenvalue weighted by Gasteiger charge is -2.14. The molecule has 1 N–H and O–H groups in total. The summed E-state index contributed by atoms with van der Waals surface area (Å²) in [5, 5.41) is 4.40. The molecular formula is C16H18N2O3. The summed E-state index contributed by atoms with van der Waals surface area (Å²) in [5.74, 6) is 0.385. The first kappa shape index (κ1) is 14.9. The van der Waals surface area contributed by atoms with Gasteiger partial charge in [0.2, 0.25) is 0 Å². The molecule has 0 fully saturated rings. The van der Waals surface area contributed by atoms with Crippen molar-refractivity contribution in [2.24, 2.45) is 0 Å². The van der Waals surface area contributed by atoms with Gasteiger partial charge in [-0.2, -0.15) is 0 Å². The molecule has 0 spiro atoms. The van der Waals surface area contributed by atoms with Gasteiger partial charge >= 0.3 is 0 Å². The number of ether oxygens (including phenoxy) is 1. The van der Waals surface area contributed by atoms with E-state index in [1.165, 1.54) is 7.11 Å². The van der Waals surface area contributed by atoms with E-state index in [0.29, 0.717) is 5.75 Å². The van der Waals surface area contributed by atoms with Gasteiger partial charge in [-0.3, -0.25) is 9.63 Å². The minimum atomic E-state index is -0.246. The minimum absolute atomic E-state index is 0.0597. The van der Waals surface area contributed by atoms with E-state index in [2.05, 4.69) is 5.32 Å². The van der Waals surface area contributed by atoms with Gasteiger partial charge in [0.1, 0.15) is 5.75 Å². The van der Waals surface area contributed by atoms with Crippen molar-refractivity contribution in [3.63, 3.8) is 0 Å². The number of para-hydroxylation sites is 1. The highest BCUT2D eigenvalue weighted by Crippen LogP contribution is 2.19. The van der Waals surface area contributed by atoms with Crippen molar-refractivity contribution in [3.05, 3.63) is 54.6 Å². The third-order valence-corrected chi connectivity index (χ3v) is 2.90. The highest BCUT2D eigenvalue weighted by molar-refractivity contribution is 5.76. The smallest absolute Gasteiger partial charge is 0.283 e. The van der Waals surface area contributed by atoms with Crippen LogP contribution in [0.5, 0.6) is 5.75 Å². The molecule has 2 rings (SSSR count). The molecule has 5 heteroatoms. The van der Waals surface area contributed by atoms with E-state index in [4.69, 9.17) is 9.57 Å². The molecule has 5 nitrogen and oxygen atoms in total. The molecule has 0 bridgehead atoms. The number of carbonyl (C=O) groups is 1. The van der Waals surface area contributed by atoms with E-state index in [1.807, 2.05) is 54.6 Å². The molecule has 2 aromatic rings. The van der Waals surface area contributed by atoms with Crippen LogP contribution in [0.15, 0.2) is 54.6 Å². The van der Waals surface area contributed by atoms with Gasteiger partial charge in [0, 0.05) is 18.4 Å². The van der Waals surface area contributed by atoms with Gasteiger partial charge in [-0.05, 0) is 36.4 Å². The Labute approximate surface area is 124 Å². The molecule has 0 aliphatic carbocycles. The Balaban J connectivity index is 1.89. The van der Waals surface area contributed by atoms with Gasteiger partial charge in [0.15, 0.2) is 6.61 Å². The molecule has 1 amide bonds. The molecule has 0 unspecified atom stereocenters. The van der Waals surface area contributed by atoms with Crippen molar-refractivity contribution in [2.75, 3.05) is 26.1 Å². The molecule has 0 heterocycles. The average molecular weight is 286 g/mol. The number of hydrogen-bond donors (Lipinski definition) is 1. The summed E-state index contributed by atoms with van der Waals surface area (Å²) in [6.45, 7) is -0.0597. The number of likely N-dealkylation sites (N-methyl/N-ethyl adjacent to an activating group) is 1. The lowest BCUT2D eigenvalue weighted by molar-refractivity contribution is -0.170. The Bertz CT molecular complexity index is 570. The maximum Gasteiger partial charge on any atom is 0.283 e. The number of amides is 1. The monoisotopic (exact) mass is 286 g/mol. The van der Waals surface area contributed by atoms with Gasteiger partial charge < -0.3 is 10.1 Å². The number of nitrogens with zero attached hydrogens (tertiary/aromatic N) is 1. The van der Waals surface area contributed by atoms with Crippen LogP contribution in [-0.4, -0.2) is 31.7 Å². The second kappa shape index (κ2) is 7.31. The zero-order valence-corrected chi connectivity index (χ0v) is 12.1. The van der Waals surface area contributed by atoms with Crippen LogP contribution in [-0.2, 0) is 9.63 Å². The summed E-state index contributed by atoms with van der Waals surface area (Å²) in [7, 11) is 2.97. The third kappa shape index (κ3) is 4.50. The summed E-state index contributed by atoms with van der Waals surface area (Å²) in [6, 6.07) is 17.3. The largest absolute Gasteiger partial charge is 0.484 e. The number of carbonyl (C=O) groups excluding carboxylic acids is 1. The number of benzene rings is 2. The van der Waals surface area contributed by atoms with Crippen LogP contribution in [0.25, 0.3) is 0 Å². The molecule has 2 aromatic carbocycles. The van der Waals surface area contributed by atoms with E-state index in [1.54, 1.807) is 7.05 Å². The molecular weight excluding hydrogens is 268 g/mol. The fraction of sp³-hybridized carbons (Fsp3) is 0.188. The normalized spacial score (nSPS) is 10.0. The SMILES string of the molecule is CON(C)C(=O)COc1ccc(Nc2ccccc2)cc1. The summed E-state index contributed by atoms with van der Waals surface area (Å²) >= 11 is 0. The quantitative estimate of drug-likeness (QED) is 0.830. The van der Waals surface area contributed by atoms with E-state index < -0.39 is 0 Å². The molecule has 0 aromatic heterocycles. The van der Waals surface area contributed by atoms with E-state index in [9.17, 15) is 4.79 Å². The predicted octanol–water partition coefficient (Wildman–Crippen LogP) is 2.83. The number of anilines is 2. The van der Waals surface area contributed by atoms with Gasteiger partial charge in [0.25, 0.3) is 5.91 Å². The molecule has 0 aliphatic rings. The van der Waals surface area contributed by atoms with Crippen molar-refractivity contribution in [1.29, 1.82) is 0 Å². The van der Waals surface area contributed by atoms with Gasteiger partial charge in [-0.25, -0.2) is 5.06 Å². The van der Waals surface area contributed by atoms with Gasteiger partial charge in [0.05, 0.1) is 7.11 Å². The van der Waals surface area contributed by atoms with Crippen molar-refractivity contribution in [2.45, 2.75) is 0 Å². The number of nitrogens with one attached hydrogen (secondary N) is 1. The molecule has 0 saturated heterocycles. The Morgan fingerprint density at radius 1 is 1.05 bits per heavy atom. The zero-order valence-electron chi connectivity index (χ0n) is 12.1. The Morgan fingerprint density at radius 3 is 2.29 bits per heavy atom. The second-order valence-electron chi connectivity index (χ2n) is 4.38. The van der Waals surface area contributed by atoms with Gasteiger partial charge in [-0.1, -0.05) is 18.2 Å². The maximum absolute atomic E-state index is 11.5. The molecule has 0 saturated carbocycles. The highest BCUT2D eigenvalue weighted by atomic mass is 16.7. The van der Waals surface area contributed by atoms with Crippen molar-refractivity contribution >= 4 is 17.3 Å². The van der Waals surface area contributed by atoms with Crippen LogP contribution >= 0.6 is 0 Å². The van der Waals surface area contributed by atoms with E-state index >= 15 is 0 Å².